The Morgan fingerprint density at radius 1 is 0.882 bits per heavy atom. The van der Waals surface area contributed by atoms with Crippen molar-refractivity contribution in [1.82, 2.24) is 0 Å². The predicted octanol–water partition coefficient (Wildman–Crippen LogP) is 6.63. The second-order valence-corrected chi connectivity index (χ2v) is 10.7. The Bertz CT molecular complexity index is 963. The summed E-state index contributed by atoms with van der Waals surface area (Å²) in [7, 11) is 0. The number of hydrogen-bond acceptors (Lipinski definition) is 3. The number of halogens is 1. The first-order valence-corrected chi connectivity index (χ1v) is 13.1. The van der Waals surface area contributed by atoms with E-state index >= 15 is 0 Å². The third-order valence-corrected chi connectivity index (χ3v) is 8.40. The van der Waals surface area contributed by atoms with Gasteiger partial charge in [0.2, 0.25) is 0 Å². The van der Waals surface area contributed by atoms with Gasteiger partial charge in [0.15, 0.2) is 5.78 Å². The first-order chi connectivity index (χ1) is 16.4. The van der Waals surface area contributed by atoms with E-state index in [1.807, 2.05) is 36.4 Å². The van der Waals surface area contributed by atoms with Gasteiger partial charge in [0.1, 0.15) is 0 Å². The molecule has 0 aliphatic heterocycles. The first-order valence-electron chi connectivity index (χ1n) is 12.7. The molecule has 0 aromatic heterocycles. The summed E-state index contributed by atoms with van der Waals surface area (Å²) in [6.07, 6.45) is 9.69. The molecule has 2 aliphatic rings. The number of aliphatic hydroxyl groups is 1. The molecule has 5 heteroatoms. The Morgan fingerprint density at radius 3 is 2.18 bits per heavy atom. The highest BCUT2D eigenvalue weighted by atomic mass is 35.5. The number of Topliss-reactive ketones (excluding diaryl/α,β-unsaturated/α-hetero) is 1. The van der Waals surface area contributed by atoms with Gasteiger partial charge in [0.05, 0.1) is 11.7 Å². The summed E-state index contributed by atoms with van der Waals surface area (Å²) in [5.74, 6) is 0.0335. The molecule has 0 saturated heterocycles. The van der Waals surface area contributed by atoms with Crippen molar-refractivity contribution in [2.45, 2.75) is 81.6 Å². The number of aliphatic hydroxyl groups excluding tert-OH is 1. The molecule has 0 bridgehead atoms. The van der Waals surface area contributed by atoms with Crippen molar-refractivity contribution in [2.75, 3.05) is 0 Å². The quantitative estimate of drug-likeness (QED) is 0.310. The van der Waals surface area contributed by atoms with E-state index in [9.17, 15) is 14.7 Å². The van der Waals surface area contributed by atoms with Gasteiger partial charge in [-0.25, -0.2) is 4.79 Å². The van der Waals surface area contributed by atoms with Gasteiger partial charge in [-0.1, -0.05) is 68.5 Å². The van der Waals surface area contributed by atoms with E-state index in [1.54, 1.807) is 12.1 Å². The Balaban J connectivity index is 1.37. The molecule has 2 N–H and O–H groups in total. The second kappa shape index (κ2) is 11.5. The SMILES string of the molecule is O=C(O)c1ccc(CCC2C(c3ccc(C(=O)CCC4CCCCC4)cc3)[C@H](O)C[C@H]2Cl)cc1. The largest absolute Gasteiger partial charge is 0.478 e. The van der Waals surface area contributed by atoms with Crippen molar-refractivity contribution >= 4 is 23.4 Å². The van der Waals surface area contributed by atoms with Crippen molar-refractivity contribution in [3.8, 4) is 0 Å². The lowest BCUT2D eigenvalue weighted by Gasteiger charge is -2.24. The minimum absolute atomic E-state index is 0.0628. The Labute approximate surface area is 207 Å². The summed E-state index contributed by atoms with van der Waals surface area (Å²) in [5, 5.41) is 19.7. The van der Waals surface area contributed by atoms with Crippen LogP contribution in [0.1, 0.15) is 95.5 Å². The lowest BCUT2D eigenvalue weighted by Crippen LogP contribution is -2.19. The normalized spacial score (nSPS) is 25.4. The maximum atomic E-state index is 12.7. The highest BCUT2D eigenvalue weighted by molar-refractivity contribution is 6.21. The summed E-state index contributed by atoms with van der Waals surface area (Å²) in [6, 6.07) is 14.8. The number of hydrogen-bond donors (Lipinski definition) is 2. The molecular formula is C29H35ClO4. The number of benzene rings is 2. The third kappa shape index (κ3) is 6.09. The number of carbonyl (C=O) groups excluding carboxylic acids is 1. The predicted molar refractivity (Wildman–Crippen MR) is 135 cm³/mol. The van der Waals surface area contributed by atoms with Gasteiger partial charge in [0, 0.05) is 23.3 Å². The lowest BCUT2D eigenvalue weighted by atomic mass is 9.83. The molecule has 182 valence electrons. The average molecular weight is 483 g/mol. The van der Waals surface area contributed by atoms with Gasteiger partial charge in [0.25, 0.3) is 0 Å². The zero-order valence-electron chi connectivity index (χ0n) is 19.7. The average Bonchev–Trinajstić information content (AvgIpc) is 3.14. The molecule has 4 nitrogen and oxygen atoms in total. The van der Waals surface area contributed by atoms with E-state index < -0.39 is 12.1 Å². The fourth-order valence-electron chi connectivity index (χ4n) is 5.89. The van der Waals surface area contributed by atoms with E-state index in [1.165, 1.54) is 32.1 Å². The number of aryl methyl sites for hydroxylation is 1. The van der Waals surface area contributed by atoms with Gasteiger partial charge in [-0.15, -0.1) is 11.6 Å². The molecule has 2 aliphatic carbocycles. The summed E-state index contributed by atoms with van der Waals surface area (Å²) < 4.78 is 0. The van der Waals surface area contributed by atoms with E-state index in [0.717, 1.165) is 36.0 Å². The van der Waals surface area contributed by atoms with E-state index in [4.69, 9.17) is 16.7 Å². The lowest BCUT2D eigenvalue weighted by molar-refractivity contribution is 0.0696. The second-order valence-electron chi connectivity index (χ2n) is 10.1. The summed E-state index contributed by atoms with van der Waals surface area (Å²) in [4.78, 5) is 23.8. The van der Waals surface area contributed by atoms with E-state index in [-0.39, 0.29) is 28.6 Å². The number of carboxylic acid groups (broad SMARTS) is 1. The molecule has 4 atom stereocenters. The first kappa shape index (κ1) is 24.9. The van der Waals surface area contributed by atoms with Crippen molar-refractivity contribution in [3.05, 3.63) is 70.8 Å². The number of ketones is 1. The van der Waals surface area contributed by atoms with Crippen LogP contribution < -0.4 is 0 Å². The van der Waals surface area contributed by atoms with Crippen LogP contribution in [0.2, 0.25) is 0 Å². The van der Waals surface area contributed by atoms with Gasteiger partial charge in [-0.05, 0) is 60.8 Å². The van der Waals surface area contributed by atoms with Crippen LogP contribution in [0.3, 0.4) is 0 Å². The molecule has 4 rings (SSSR count). The third-order valence-electron chi connectivity index (χ3n) is 7.90. The number of alkyl halides is 1. The van der Waals surface area contributed by atoms with Gasteiger partial charge < -0.3 is 10.2 Å². The molecule has 2 aromatic rings. The molecule has 34 heavy (non-hydrogen) atoms. The topological polar surface area (TPSA) is 74.6 Å². The van der Waals surface area contributed by atoms with E-state index in [2.05, 4.69) is 0 Å². The summed E-state index contributed by atoms with van der Waals surface area (Å²) in [6.45, 7) is 0. The van der Waals surface area contributed by atoms with Crippen molar-refractivity contribution in [2.24, 2.45) is 11.8 Å². The standard InChI is InChI=1S/C29H35ClO4/c30-25-18-27(32)28(24(25)16-8-20-6-10-23(11-7-20)29(33)34)22-14-12-21(13-15-22)26(31)17-9-19-4-2-1-3-5-19/h6-7,10-15,19,24-25,27-28,32H,1-5,8-9,16-18H2,(H,33,34)/t24?,25-,27-,28?/m1/s1. The molecule has 2 aromatic carbocycles. The highest BCUT2D eigenvalue weighted by Crippen LogP contribution is 2.45. The number of rotatable bonds is 9. The van der Waals surface area contributed by atoms with Gasteiger partial charge in [-0.2, -0.15) is 0 Å². The number of carbonyl (C=O) groups is 2. The molecule has 0 amide bonds. The molecule has 0 heterocycles. The summed E-state index contributed by atoms with van der Waals surface area (Å²) in [5.41, 5.74) is 3.13. The Kier molecular flexibility index (Phi) is 8.44. The van der Waals surface area contributed by atoms with Crippen molar-refractivity contribution < 1.29 is 19.8 Å². The highest BCUT2D eigenvalue weighted by Gasteiger charge is 2.42. The van der Waals surface area contributed by atoms with Crippen LogP contribution >= 0.6 is 11.6 Å². The maximum absolute atomic E-state index is 12.7. The number of aromatic carboxylic acids is 1. The van der Waals surface area contributed by atoms with Gasteiger partial charge in [-0.3, -0.25) is 4.79 Å². The van der Waals surface area contributed by atoms with Crippen LogP contribution in [0, 0.1) is 11.8 Å². The molecule has 2 unspecified atom stereocenters. The monoisotopic (exact) mass is 482 g/mol. The maximum Gasteiger partial charge on any atom is 0.335 e. The number of carboxylic acids is 1. The molecule has 2 fully saturated rings. The molecule has 0 radical (unpaired) electrons. The van der Waals surface area contributed by atoms with Crippen LogP contribution in [0.15, 0.2) is 48.5 Å². The fraction of sp³-hybridized carbons (Fsp3) is 0.517. The zero-order valence-corrected chi connectivity index (χ0v) is 20.4. The van der Waals surface area contributed by atoms with E-state index in [0.29, 0.717) is 18.8 Å². The molecule has 2 saturated carbocycles. The Hall–Kier alpha value is -2.17. The zero-order chi connectivity index (χ0) is 24.1. The minimum Gasteiger partial charge on any atom is -0.478 e. The molecular weight excluding hydrogens is 448 g/mol. The van der Waals surface area contributed by atoms with Crippen molar-refractivity contribution in [3.63, 3.8) is 0 Å². The van der Waals surface area contributed by atoms with Crippen LogP contribution in [0.5, 0.6) is 0 Å². The van der Waals surface area contributed by atoms with Crippen LogP contribution in [0.25, 0.3) is 0 Å². The van der Waals surface area contributed by atoms with Crippen LogP contribution in [0.4, 0.5) is 0 Å². The summed E-state index contributed by atoms with van der Waals surface area (Å²) >= 11 is 6.66. The van der Waals surface area contributed by atoms with Crippen molar-refractivity contribution in [1.29, 1.82) is 0 Å². The minimum atomic E-state index is -0.928. The van der Waals surface area contributed by atoms with Crippen LogP contribution in [-0.2, 0) is 6.42 Å². The smallest absolute Gasteiger partial charge is 0.335 e. The fourth-order valence-corrected chi connectivity index (χ4v) is 6.35. The Morgan fingerprint density at radius 2 is 1.53 bits per heavy atom. The van der Waals surface area contributed by atoms with Crippen LogP contribution in [-0.4, -0.2) is 33.4 Å². The van der Waals surface area contributed by atoms with Gasteiger partial charge >= 0.3 is 5.97 Å². The molecule has 0 spiro atoms.